The van der Waals surface area contributed by atoms with Crippen LogP contribution in [0.2, 0.25) is 0 Å². The predicted octanol–water partition coefficient (Wildman–Crippen LogP) is 1.34. The van der Waals surface area contributed by atoms with Crippen molar-refractivity contribution in [1.82, 2.24) is 19.2 Å². The van der Waals surface area contributed by atoms with Crippen LogP contribution in [0.3, 0.4) is 0 Å². The van der Waals surface area contributed by atoms with Gasteiger partial charge in [0.1, 0.15) is 0 Å². The Morgan fingerprint density at radius 2 is 1.59 bits per heavy atom. The monoisotopic (exact) mass is 508 g/mol. The van der Waals surface area contributed by atoms with E-state index in [1.54, 1.807) is 11.9 Å². The van der Waals surface area contributed by atoms with Gasteiger partial charge in [-0.3, -0.25) is 4.79 Å². The van der Waals surface area contributed by atoms with E-state index >= 15 is 0 Å². The number of benzene rings is 2. The molecule has 0 spiro atoms. The van der Waals surface area contributed by atoms with E-state index in [9.17, 15) is 21.6 Å². The van der Waals surface area contributed by atoms with Gasteiger partial charge in [-0.25, -0.2) is 26.3 Å². The molecule has 1 fully saturated rings. The van der Waals surface area contributed by atoms with Gasteiger partial charge in [-0.15, -0.1) is 0 Å². The maximum atomic E-state index is 13.4. The summed E-state index contributed by atoms with van der Waals surface area (Å²) in [7, 11) is -3.64. The first-order chi connectivity index (χ1) is 16.1. The Hall–Kier alpha value is -2.31. The van der Waals surface area contributed by atoms with Crippen molar-refractivity contribution >= 4 is 26.0 Å². The standard InChI is InChI=1S/C23H32N4O5S2/c1-24-33(29,30)20-12-11-19(22(16-20)34(31,32)25-2)15-23(28)26(3)21(17-27-13-7-8-14-27)18-9-5-4-6-10-18/h4-6,9-12,16,21,24-25H,7-8,13-15,17H2,1-3H3/t21-/m1/s1. The molecule has 186 valence electrons. The molecule has 0 aliphatic carbocycles. The van der Waals surface area contributed by atoms with Crippen molar-refractivity contribution in [2.45, 2.75) is 35.1 Å². The summed E-state index contributed by atoms with van der Waals surface area (Å²) in [6.45, 7) is 2.65. The predicted molar refractivity (Wildman–Crippen MR) is 130 cm³/mol. The molecule has 3 rings (SSSR count). The van der Waals surface area contributed by atoms with Gasteiger partial charge in [0.05, 0.1) is 22.3 Å². The second kappa shape index (κ2) is 11.0. The first-order valence-electron chi connectivity index (χ1n) is 11.1. The summed E-state index contributed by atoms with van der Waals surface area (Å²) < 4.78 is 54.2. The third-order valence-electron chi connectivity index (χ3n) is 6.19. The topological polar surface area (TPSA) is 116 Å². The summed E-state index contributed by atoms with van der Waals surface area (Å²) in [5.74, 6) is -0.259. The number of carbonyl (C=O) groups excluding carboxylic acids is 1. The summed E-state index contributed by atoms with van der Waals surface area (Å²) in [6.07, 6.45) is 2.08. The smallest absolute Gasteiger partial charge is 0.240 e. The Morgan fingerprint density at radius 1 is 0.971 bits per heavy atom. The first-order valence-corrected chi connectivity index (χ1v) is 14.1. The van der Waals surface area contributed by atoms with Gasteiger partial charge in [0.15, 0.2) is 0 Å². The highest BCUT2D eigenvalue weighted by Crippen LogP contribution is 2.26. The van der Waals surface area contributed by atoms with E-state index in [1.807, 2.05) is 30.3 Å². The lowest BCUT2D eigenvalue weighted by Gasteiger charge is -2.32. The molecule has 0 bridgehead atoms. The molecular formula is C23H32N4O5S2. The van der Waals surface area contributed by atoms with E-state index in [-0.39, 0.29) is 33.7 Å². The van der Waals surface area contributed by atoms with Crippen molar-refractivity contribution in [3.8, 4) is 0 Å². The average molecular weight is 509 g/mol. The normalized spacial score (nSPS) is 15.9. The third kappa shape index (κ3) is 6.02. The number of nitrogens with one attached hydrogen (secondary N) is 2. The minimum atomic E-state index is -4.00. The number of sulfonamides is 2. The molecule has 1 amide bonds. The fraction of sp³-hybridized carbons (Fsp3) is 0.435. The fourth-order valence-electron chi connectivity index (χ4n) is 4.12. The molecule has 1 aliphatic rings. The molecule has 0 unspecified atom stereocenters. The van der Waals surface area contributed by atoms with Gasteiger partial charge in [-0.2, -0.15) is 0 Å². The molecule has 2 N–H and O–H groups in total. The van der Waals surface area contributed by atoms with Gasteiger partial charge >= 0.3 is 0 Å². The average Bonchev–Trinajstić information content (AvgIpc) is 3.36. The van der Waals surface area contributed by atoms with Crippen molar-refractivity contribution < 1.29 is 21.6 Å². The van der Waals surface area contributed by atoms with E-state index in [4.69, 9.17) is 0 Å². The first kappa shape index (κ1) is 26.3. The van der Waals surface area contributed by atoms with Crippen LogP contribution in [-0.4, -0.2) is 73.3 Å². The van der Waals surface area contributed by atoms with Crippen LogP contribution in [0.1, 0.15) is 30.0 Å². The highest BCUT2D eigenvalue weighted by Gasteiger charge is 2.28. The Balaban J connectivity index is 1.93. The number of amides is 1. The van der Waals surface area contributed by atoms with Crippen molar-refractivity contribution in [2.24, 2.45) is 0 Å². The fourth-order valence-corrected chi connectivity index (χ4v) is 5.94. The van der Waals surface area contributed by atoms with Crippen LogP contribution < -0.4 is 9.44 Å². The number of carbonyl (C=O) groups is 1. The van der Waals surface area contributed by atoms with Crippen LogP contribution in [0.25, 0.3) is 0 Å². The summed E-state index contributed by atoms with van der Waals surface area (Å²) in [4.78, 5) is 16.9. The molecule has 0 saturated carbocycles. The minimum Gasteiger partial charge on any atom is -0.337 e. The third-order valence-corrected chi connectivity index (χ3v) is 9.10. The van der Waals surface area contributed by atoms with Crippen molar-refractivity contribution in [1.29, 1.82) is 0 Å². The number of likely N-dealkylation sites (N-methyl/N-ethyl adjacent to an activating group) is 1. The van der Waals surface area contributed by atoms with E-state index < -0.39 is 20.0 Å². The Labute approximate surface area is 202 Å². The summed E-state index contributed by atoms with van der Waals surface area (Å²) >= 11 is 0. The van der Waals surface area contributed by atoms with Crippen LogP contribution in [0, 0.1) is 0 Å². The van der Waals surface area contributed by atoms with Crippen LogP contribution in [0.5, 0.6) is 0 Å². The van der Waals surface area contributed by atoms with Gasteiger partial charge < -0.3 is 9.80 Å². The number of hydrogen-bond donors (Lipinski definition) is 2. The van der Waals surface area contributed by atoms with Crippen molar-refractivity contribution in [3.05, 3.63) is 59.7 Å². The Morgan fingerprint density at radius 3 is 2.18 bits per heavy atom. The molecule has 0 radical (unpaired) electrons. The number of hydrogen-bond acceptors (Lipinski definition) is 6. The van der Waals surface area contributed by atoms with Gasteiger partial charge in [-0.1, -0.05) is 36.4 Å². The lowest BCUT2D eigenvalue weighted by atomic mass is 10.0. The van der Waals surface area contributed by atoms with E-state index in [1.165, 1.54) is 26.2 Å². The zero-order valence-electron chi connectivity index (χ0n) is 19.7. The summed E-state index contributed by atoms with van der Waals surface area (Å²) in [6, 6.07) is 13.3. The maximum absolute atomic E-state index is 13.4. The van der Waals surface area contributed by atoms with Gasteiger partial charge in [0.2, 0.25) is 26.0 Å². The van der Waals surface area contributed by atoms with Crippen molar-refractivity contribution in [3.63, 3.8) is 0 Å². The van der Waals surface area contributed by atoms with Crippen LogP contribution >= 0.6 is 0 Å². The van der Waals surface area contributed by atoms with Gasteiger partial charge in [0, 0.05) is 13.6 Å². The molecule has 1 aliphatic heterocycles. The minimum absolute atomic E-state index is 0.185. The number of likely N-dealkylation sites (tertiary alicyclic amines) is 1. The molecule has 0 aromatic heterocycles. The second-order valence-electron chi connectivity index (χ2n) is 8.30. The molecule has 1 atom stereocenters. The highest BCUT2D eigenvalue weighted by molar-refractivity contribution is 7.90. The van der Waals surface area contributed by atoms with Gasteiger partial charge in [0.25, 0.3) is 0 Å². The SMILES string of the molecule is CNS(=O)(=O)c1ccc(CC(=O)N(C)[C@H](CN2CCCC2)c2ccccc2)c(S(=O)(=O)NC)c1. The largest absolute Gasteiger partial charge is 0.337 e. The quantitative estimate of drug-likeness (QED) is 0.500. The molecule has 2 aromatic rings. The van der Waals surface area contributed by atoms with Crippen LogP contribution in [0.15, 0.2) is 58.3 Å². The molecule has 34 heavy (non-hydrogen) atoms. The van der Waals surface area contributed by atoms with Crippen LogP contribution in [-0.2, 0) is 31.3 Å². The van der Waals surface area contributed by atoms with E-state index in [0.717, 1.165) is 37.6 Å². The molecule has 2 aromatic carbocycles. The van der Waals surface area contributed by atoms with Crippen molar-refractivity contribution in [2.75, 3.05) is 40.8 Å². The zero-order chi connectivity index (χ0) is 24.9. The Bertz CT molecular complexity index is 1210. The van der Waals surface area contributed by atoms with Gasteiger partial charge in [-0.05, 0) is 63.3 Å². The lowest BCUT2D eigenvalue weighted by molar-refractivity contribution is -0.131. The second-order valence-corrected chi connectivity index (χ2v) is 12.0. The summed E-state index contributed by atoms with van der Waals surface area (Å²) in [5, 5.41) is 0. The number of nitrogens with zero attached hydrogens (tertiary/aromatic N) is 2. The highest BCUT2D eigenvalue weighted by atomic mass is 32.2. The van der Waals surface area contributed by atoms with Crippen LogP contribution in [0.4, 0.5) is 0 Å². The number of rotatable bonds is 10. The summed E-state index contributed by atoms with van der Waals surface area (Å²) in [5.41, 5.74) is 1.23. The lowest BCUT2D eigenvalue weighted by Crippen LogP contribution is -2.39. The zero-order valence-corrected chi connectivity index (χ0v) is 21.3. The Kier molecular flexibility index (Phi) is 8.47. The molecule has 1 saturated heterocycles. The molecule has 11 heteroatoms. The maximum Gasteiger partial charge on any atom is 0.240 e. The van der Waals surface area contributed by atoms with E-state index in [0.29, 0.717) is 6.54 Å². The molecular weight excluding hydrogens is 476 g/mol. The van der Waals surface area contributed by atoms with E-state index in [2.05, 4.69) is 14.3 Å². The molecule has 1 heterocycles. The molecule has 9 nitrogen and oxygen atoms in total.